The van der Waals surface area contributed by atoms with Crippen molar-refractivity contribution in [3.8, 4) is 11.5 Å². The summed E-state index contributed by atoms with van der Waals surface area (Å²) in [5.41, 5.74) is 19.1. The van der Waals surface area contributed by atoms with Crippen LogP contribution in [0.5, 0.6) is 0 Å². The predicted octanol–water partition coefficient (Wildman–Crippen LogP) is 1.82. The van der Waals surface area contributed by atoms with Crippen LogP contribution in [0.1, 0.15) is 5.56 Å². The fraction of sp³-hybridized carbons (Fsp3) is 0.0588. The maximum atomic E-state index is 14.5. The van der Waals surface area contributed by atoms with Crippen LogP contribution in [0.15, 0.2) is 42.7 Å². The second kappa shape index (κ2) is 5.96. The van der Waals surface area contributed by atoms with Gasteiger partial charge in [-0.3, -0.25) is 9.67 Å². The van der Waals surface area contributed by atoms with Gasteiger partial charge < -0.3 is 17.2 Å². The number of pyridine rings is 1. The van der Waals surface area contributed by atoms with E-state index in [9.17, 15) is 4.39 Å². The first-order valence-corrected chi connectivity index (χ1v) is 7.77. The smallest absolute Gasteiger partial charge is 0.184 e. The summed E-state index contributed by atoms with van der Waals surface area (Å²) in [6.07, 6.45) is 3.34. The molecule has 0 atom stereocenters. The van der Waals surface area contributed by atoms with E-state index in [0.717, 1.165) is 5.56 Å². The highest BCUT2D eigenvalue weighted by Crippen LogP contribution is 2.30. The summed E-state index contributed by atoms with van der Waals surface area (Å²) in [4.78, 5) is 12.3. The molecule has 6 N–H and O–H groups in total. The van der Waals surface area contributed by atoms with Gasteiger partial charge in [-0.05, 0) is 23.8 Å². The third-order valence-corrected chi connectivity index (χ3v) is 4.02. The standard InChI is InChI=1S/C17H15FN8/c18-11-3-1-2-10-13(17-23-15(20)12(19)16(21)24-17)25-26(14(10)11)8-9-4-6-22-7-5-9/h1-7H,8,19H2,(H4,20,21,23,24). The molecule has 0 fully saturated rings. The normalized spacial score (nSPS) is 11.1. The van der Waals surface area contributed by atoms with Gasteiger partial charge in [-0.2, -0.15) is 5.10 Å². The van der Waals surface area contributed by atoms with Crippen LogP contribution in [0.25, 0.3) is 22.4 Å². The van der Waals surface area contributed by atoms with Gasteiger partial charge >= 0.3 is 0 Å². The van der Waals surface area contributed by atoms with E-state index in [1.54, 1.807) is 29.2 Å². The zero-order valence-corrected chi connectivity index (χ0v) is 13.6. The van der Waals surface area contributed by atoms with Gasteiger partial charge in [-0.1, -0.05) is 12.1 Å². The Hall–Kier alpha value is -3.75. The van der Waals surface area contributed by atoms with Gasteiger partial charge in [0.15, 0.2) is 17.5 Å². The number of aromatic nitrogens is 5. The topological polar surface area (TPSA) is 135 Å². The van der Waals surface area contributed by atoms with E-state index in [1.807, 2.05) is 12.1 Å². The number of benzene rings is 1. The van der Waals surface area contributed by atoms with E-state index in [4.69, 9.17) is 17.2 Å². The van der Waals surface area contributed by atoms with Gasteiger partial charge in [0, 0.05) is 17.8 Å². The van der Waals surface area contributed by atoms with Crippen molar-refractivity contribution in [2.24, 2.45) is 0 Å². The minimum absolute atomic E-state index is 0.0562. The van der Waals surface area contributed by atoms with E-state index < -0.39 is 5.82 Å². The second-order valence-corrected chi connectivity index (χ2v) is 5.73. The molecule has 1 aromatic carbocycles. The SMILES string of the molecule is Nc1nc(-c2nn(Cc3ccncc3)c3c(F)cccc23)nc(N)c1N. The summed E-state index contributed by atoms with van der Waals surface area (Å²) >= 11 is 0. The molecule has 0 saturated heterocycles. The van der Waals surface area contributed by atoms with Crippen molar-refractivity contribution in [2.45, 2.75) is 6.54 Å². The number of nitrogens with two attached hydrogens (primary N) is 3. The molecule has 0 saturated carbocycles. The lowest BCUT2D eigenvalue weighted by atomic mass is 10.2. The van der Waals surface area contributed by atoms with Gasteiger partial charge in [0.1, 0.15) is 22.7 Å². The largest absolute Gasteiger partial charge is 0.393 e. The van der Waals surface area contributed by atoms with Crippen LogP contribution in [0.2, 0.25) is 0 Å². The molecule has 130 valence electrons. The molecule has 0 radical (unpaired) electrons. The molecular weight excluding hydrogens is 335 g/mol. The number of hydrogen-bond acceptors (Lipinski definition) is 7. The first-order chi connectivity index (χ1) is 12.5. The molecule has 0 aliphatic rings. The Kier molecular flexibility index (Phi) is 3.61. The molecule has 4 rings (SSSR count). The predicted molar refractivity (Wildman–Crippen MR) is 97.3 cm³/mol. The summed E-state index contributed by atoms with van der Waals surface area (Å²) in [6, 6.07) is 8.40. The first kappa shape index (κ1) is 15.8. The van der Waals surface area contributed by atoms with Crippen LogP contribution in [0, 0.1) is 5.82 Å². The van der Waals surface area contributed by atoms with E-state index in [0.29, 0.717) is 23.1 Å². The van der Waals surface area contributed by atoms with Crippen molar-refractivity contribution in [3.63, 3.8) is 0 Å². The van der Waals surface area contributed by atoms with Crippen molar-refractivity contribution in [1.82, 2.24) is 24.7 Å². The monoisotopic (exact) mass is 350 g/mol. The van der Waals surface area contributed by atoms with Crippen molar-refractivity contribution < 1.29 is 4.39 Å². The van der Waals surface area contributed by atoms with Crippen LogP contribution in [-0.4, -0.2) is 24.7 Å². The summed E-state index contributed by atoms with van der Waals surface area (Å²) < 4.78 is 16.1. The number of fused-ring (bicyclic) bond motifs is 1. The quantitative estimate of drug-likeness (QED) is 0.513. The number of anilines is 3. The summed E-state index contributed by atoms with van der Waals surface area (Å²) in [7, 11) is 0. The number of rotatable bonds is 3. The lowest BCUT2D eigenvalue weighted by Gasteiger charge is -2.05. The molecule has 9 heteroatoms. The number of hydrogen-bond donors (Lipinski definition) is 3. The van der Waals surface area contributed by atoms with Gasteiger partial charge in [0.05, 0.1) is 6.54 Å². The van der Waals surface area contributed by atoms with Crippen LogP contribution in [0.3, 0.4) is 0 Å². The third-order valence-electron chi connectivity index (χ3n) is 4.02. The fourth-order valence-electron chi connectivity index (χ4n) is 2.74. The van der Waals surface area contributed by atoms with Gasteiger partial charge in [0.2, 0.25) is 0 Å². The molecule has 4 aromatic rings. The van der Waals surface area contributed by atoms with Crippen molar-refractivity contribution in [3.05, 3.63) is 54.1 Å². The highest BCUT2D eigenvalue weighted by molar-refractivity contribution is 5.93. The Labute approximate surface area is 147 Å². The van der Waals surface area contributed by atoms with E-state index >= 15 is 0 Å². The Balaban J connectivity index is 1.93. The maximum Gasteiger partial charge on any atom is 0.184 e. The van der Waals surface area contributed by atoms with Gasteiger partial charge in [0.25, 0.3) is 0 Å². The minimum Gasteiger partial charge on any atom is -0.393 e. The minimum atomic E-state index is -0.397. The lowest BCUT2D eigenvalue weighted by Crippen LogP contribution is -2.07. The van der Waals surface area contributed by atoms with Gasteiger partial charge in [-0.25, -0.2) is 14.4 Å². The van der Waals surface area contributed by atoms with E-state index in [1.165, 1.54) is 6.07 Å². The Morgan fingerprint density at radius 1 is 0.962 bits per heavy atom. The molecule has 0 unspecified atom stereocenters. The summed E-state index contributed by atoms with van der Waals surface area (Å²) in [5.74, 6) is -0.0913. The number of nitrogen functional groups attached to an aromatic ring is 3. The van der Waals surface area contributed by atoms with Crippen LogP contribution in [0.4, 0.5) is 21.7 Å². The summed E-state index contributed by atoms with van der Waals surface area (Å²) in [6.45, 7) is 0.361. The Morgan fingerprint density at radius 3 is 2.35 bits per heavy atom. The zero-order chi connectivity index (χ0) is 18.3. The Morgan fingerprint density at radius 2 is 1.65 bits per heavy atom. The summed E-state index contributed by atoms with van der Waals surface area (Å²) in [5, 5.41) is 5.06. The molecule has 0 aliphatic heterocycles. The maximum absolute atomic E-state index is 14.5. The number of para-hydroxylation sites is 1. The average molecular weight is 350 g/mol. The van der Waals surface area contributed by atoms with Crippen LogP contribution < -0.4 is 17.2 Å². The first-order valence-electron chi connectivity index (χ1n) is 7.77. The van der Waals surface area contributed by atoms with E-state index in [2.05, 4.69) is 20.1 Å². The van der Waals surface area contributed by atoms with Crippen LogP contribution >= 0.6 is 0 Å². The molecule has 0 spiro atoms. The average Bonchev–Trinajstić information content (AvgIpc) is 3.00. The molecule has 3 heterocycles. The second-order valence-electron chi connectivity index (χ2n) is 5.73. The highest BCUT2D eigenvalue weighted by atomic mass is 19.1. The highest BCUT2D eigenvalue weighted by Gasteiger charge is 2.19. The molecule has 26 heavy (non-hydrogen) atoms. The van der Waals surface area contributed by atoms with Crippen LogP contribution in [-0.2, 0) is 6.54 Å². The molecule has 3 aromatic heterocycles. The van der Waals surface area contributed by atoms with Crippen molar-refractivity contribution in [2.75, 3.05) is 17.2 Å². The molecule has 0 bridgehead atoms. The third kappa shape index (κ3) is 2.55. The molecular formula is C17H15FN8. The van der Waals surface area contributed by atoms with E-state index in [-0.39, 0.29) is 23.1 Å². The fourth-order valence-corrected chi connectivity index (χ4v) is 2.74. The van der Waals surface area contributed by atoms with Gasteiger partial charge in [-0.15, -0.1) is 0 Å². The molecule has 8 nitrogen and oxygen atoms in total. The number of halogens is 1. The van der Waals surface area contributed by atoms with Crippen molar-refractivity contribution >= 4 is 28.2 Å². The lowest BCUT2D eigenvalue weighted by molar-refractivity contribution is 0.616. The molecule has 0 aliphatic carbocycles. The molecule has 0 amide bonds. The number of nitrogens with zero attached hydrogens (tertiary/aromatic N) is 5. The Bertz CT molecular complexity index is 1080. The zero-order valence-electron chi connectivity index (χ0n) is 13.6. The van der Waals surface area contributed by atoms with Crippen molar-refractivity contribution in [1.29, 1.82) is 0 Å².